The maximum atomic E-state index is 11.6. The molecule has 0 aromatic heterocycles. The lowest BCUT2D eigenvalue weighted by Gasteiger charge is -2.19. The smallest absolute Gasteiger partial charge is 0.344 e. The number of nitrogen functional groups attached to an aromatic ring is 1. The van der Waals surface area contributed by atoms with Crippen LogP contribution in [0.15, 0.2) is 24.3 Å². The van der Waals surface area contributed by atoms with Crippen LogP contribution in [0.5, 0.6) is 5.75 Å². The first-order chi connectivity index (χ1) is 9.44. The van der Waals surface area contributed by atoms with Crippen molar-refractivity contribution in [3.63, 3.8) is 0 Å². The average molecular weight is 279 g/mol. The zero-order chi connectivity index (χ0) is 14.6. The molecular formula is C15H21NO4. The summed E-state index contributed by atoms with van der Waals surface area (Å²) in [5.41, 5.74) is 6.10. The lowest BCUT2D eigenvalue weighted by atomic mass is 10.1. The van der Waals surface area contributed by atoms with Crippen molar-refractivity contribution in [3.05, 3.63) is 24.3 Å². The number of hydrogen-bond acceptors (Lipinski definition) is 5. The lowest BCUT2D eigenvalue weighted by molar-refractivity contribution is -0.151. The Morgan fingerprint density at radius 3 is 2.70 bits per heavy atom. The lowest BCUT2D eigenvalue weighted by Crippen LogP contribution is -2.25. The van der Waals surface area contributed by atoms with Crippen molar-refractivity contribution >= 4 is 11.7 Å². The third-order valence-corrected chi connectivity index (χ3v) is 3.22. The first kappa shape index (κ1) is 14.7. The van der Waals surface area contributed by atoms with E-state index in [0.717, 1.165) is 12.8 Å². The maximum absolute atomic E-state index is 11.6. The van der Waals surface area contributed by atoms with Crippen LogP contribution in [0.1, 0.15) is 26.7 Å². The summed E-state index contributed by atoms with van der Waals surface area (Å²) in [7, 11) is 0. The molecule has 1 unspecified atom stereocenters. The van der Waals surface area contributed by atoms with Gasteiger partial charge in [0.15, 0.2) is 6.61 Å². The first-order valence-corrected chi connectivity index (χ1v) is 6.76. The second-order valence-electron chi connectivity index (χ2n) is 5.58. The van der Waals surface area contributed by atoms with Gasteiger partial charge >= 0.3 is 5.97 Å². The van der Waals surface area contributed by atoms with E-state index in [1.807, 2.05) is 13.8 Å². The highest BCUT2D eigenvalue weighted by molar-refractivity contribution is 5.71. The highest BCUT2D eigenvalue weighted by atomic mass is 16.6. The molecule has 2 N–H and O–H groups in total. The molecular weight excluding hydrogens is 258 g/mol. The van der Waals surface area contributed by atoms with Crippen molar-refractivity contribution in [3.8, 4) is 5.75 Å². The topological polar surface area (TPSA) is 70.8 Å². The van der Waals surface area contributed by atoms with Crippen molar-refractivity contribution in [2.24, 2.45) is 0 Å². The molecule has 0 aliphatic carbocycles. The third kappa shape index (κ3) is 4.42. The summed E-state index contributed by atoms with van der Waals surface area (Å²) in [6, 6.07) is 6.86. The van der Waals surface area contributed by atoms with Gasteiger partial charge in [0.1, 0.15) is 12.4 Å². The molecule has 1 aliphatic heterocycles. The van der Waals surface area contributed by atoms with E-state index in [1.165, 1.54) is 0 Å². The molecule has 1 heterocycles. The first-order valence-electron chi connectivity index (χ1n) is 6.76. The number of carbonyl (C=O) groups is 1. The monoisotopic (exact) mass is 279 g/mol. The van der Waals surface area contributed by atoms with Gasteiger partial charge < -0.3 is 19.9 Å². The fraction of sp³-hybridized carbons (Fsp3) is 0.533. The number of anilines is 1. The summed E-state index contributed by atoms with van der Waals surface area (Å²) < 4.78 is 16.2. The highest BCUT2D eigenvalue weighted by Crippen LogP contribution is 2.29. The van der Waals surface area contributed by atoms with E-state index in [9.17, 15) is 4.79 Å². The van der Waals surface area contributed by atoms with E-state index in [1.54, 1.807) is 24.3 Å². The molecule has 1 aliphatic rings. The molecule has 1 saturated heterocycles. The minimum Gasteiger partial charge on any atom is -0.482 e. The number of rotatable bonds is 5. The van der Waals surface area contributed by atoms with Gasteiger partial charge in [-0.2, -0.15) is 0 Å². The van der Waals surface area contributed by atoms with Gasteiger partial charge in [0.05, 0.1) is 11.7 Å². The molecule has 0 bridgehead atoms. The molecule has 1 fully saturated rings. The Morgan fingerprint density at radius 1 is 1.40 bits per heavy atom. The van der Waals surface area contributed by atoms with Crippen LogP contribution in [-0.2, 0) is 14.3 Å². The number of esters is 1. The summed E-state index contributed by atoms with van der Waals surface area (Å²) in [5.74, 6) is 0.199. The van der Waals surface area contributed by atoms with Crippen LogP contribution in [0.2, 0.25) is 0 Å². The van der Waals surface area contributed by atoms with Crippen LogP contribution in [-0.4, -0.2) is 30.9 Å². The normalized spacial score (nSPS) is 20.6. The van der Waals surface area contributed by atoms with Gasteiger partial charge in [-0.1, -0.05) is 0 Å². The molecule has 0 saturated carbocycles. The maximum Gasteiger partial charge on any atom is 0.344 e. The van der Waals surface area contributed by atoms with Crippen molar-refractivity contribution < 1.29 is 19.0 Å². The minimum atomic E-state index is -0.393. The predicted octanol–water partition coefficient (Wildman–Crippen LogP) is 2.15. The van der Waals surface area contributed by atoms with Gasteiger partial charge in [-0.3, -0.25) is 0 Å². The fourth-order valence-electron chi connectivity index (χ4n) is 2.13. The van der Waals surface area contributed by atoms with E-state index >= 15 is 0 Å². The summed E-state index contributed by atoms with van der Waals surface area (Å²) in [5, 5.41) is 0. The standard InChI is InChI=1S/C15H21NO4/c1-15(2)8-7-13(20-15)9-19-14(17)10-18-12-5-3-11(16)4-6-12/h3-6,13H,7-10,16H2,1-2H3. The number of ether oxygens (including phenoxy) is 3. The van der Waals surface area contributed by atoms with Crippen molar-refractivity contribution in [2.75, 3.05) is 18.9 Å². The summed E-state index contributed by atoms with van der Waals surface area (Å²) in [4.78, 5) is 11.6. The molecule has 1 aromatic rings. The van der Waals surface area contributed by atoms with Gasteiger partial charge in [-0.15, -0.1) is 0 Å². The zero-order valence-corrected chi connectivity index (χ0v) is 11.9. The molecule has 1 atom stereocenters. The Labute approximate surface area is 119 Å². The Kier molecular flexibility index (Phi) is 4.49. The Morgan fingerprint density at radius 2 is 2.10 bits per heavy atom. The number of benzene rings is 1. The van der Waals surface area contributed by atoms with Gasteiger partial charge in [-0.25, -0.2) is 4.79 Å². The van der Waals surface area contributed by atoms with Crippen LogP contribution < -0.4 is 10.5 Å². The SMILES string of the molecule is CC1(C)CCC(COC(=O)COc2ccc(N)cc2)O1. The molecule has 0 spiro atoms. The van der Waals surface area contributed by atoms with E-state index in [-0.39, 0.29) is 24.9 Å². The second kappa shape index (κ2) is 6.13. The van der Waals surface area contributed by atoms with Gasteiger partial charge in [0, 0.05) is 5.69 Å². The molecule has 5 nitrogen and oxygen atoms in total. The van der Waals surface area contributed by atoms with Crippen LogP contribution in [0.4, 0.5) is 5.69 Å². The van der Waals surface area contributed by atoms with Crippen LogP contribution in [0, 0.1) is 0 Å². The van der Waals surface area contributed by atoms with Gasteiger partial charge in [0.2, 0.25) is 0 Å². The molecule has 0 radical (unpaired) electrons. The average Bonchev–Trinajstić information content (AvgIpc) is 2.75. The highest BCUT2D eigenvalue weighted by Gasteiger charge is 2.32. The Bertz CT molecular complexity index is 455. The Hall–Kier alpha value is -1.75. The predicted molar refractivity (Wildman–Crippen MR) is 75.5 cm³/mol. The van der Waals surface area contributed by atoms with Gasteiger partial charge in [-0.05, 0) is 51.0 Å². The Balaban J connectivity index is 1.67. The van der Waals surface area contributed by atoms with Crippen LogP contribution in [0.3, 0.4) is 0 Å². The largest absolute Gasteiger partial charge is 0.482 e. The number of hydrogen-bond donors (Lipinski definition) is 1. The third-order valence-electron chi connectivity index (χ3n) is 3.22. The van der Waals surface area contributed by atoms with Gasteiger partial charge in [0.25, 0.3) is 0 Å². The van der Waals surface area contributed by atoms with E-state index < -0.39 is 5.97 Å². The molecule has 110 valence electrons. The number of carbonyl (C=O) groups excluding carboxylic acids is 1. The van der Waals surface area contributed by atoms with Crippen molar-refractivity contribution in [1.82, 2.24) is 0 Å². The molecule has 0 amide bonds. The minimum absolute atomic E-state index is 0.00882. The van der Waals surface area contributed by atoms with Crippen LogP contribution >= 0.6 is 0 Å². The van der Waals surface area contributed by atoms with E-state index in [4.69, 9.17) is 19.9 Å². The van der Waals surface area contributed by atoms with E-state index in [0.29, 0.717) is 11.4 Å². The summed E-state index contributed by atoms with van der Waals surface area (Å²) in [6.45, 7) is 4.26. The summed E-state index contributed by atoms with van der Waals surface area (Å²) in [6.07, 6.45) is 1.89. The molecule has 1 aromatic carbocycles. The van der Waals surface area contributed by atoms with E-state index in [2.05, 4.69) is 0 Å². The zero-order valence-electron chi connectivity index (χ0n) is 11.9. The second-order valence-corrected chi connectivity index (χ2v) is 5.58. The van der Waals surface area contributed by atoms with Crippen molar-refractivity contribution in [1.29, 1.82) is 0 Å². The number of nitrogens with two attached hydrogens (primary N) is 1. The summed E-state index contributed by atoms with van der Waals surface area (Å²) >= 11 is 0. The fourth-order valence-corrected chi connectivity index (χ4v) is 2.13. The molecule has 20 heavy (non-hydrogen) atoms. The quantitative estimate of drug-likeness (QED) is 0.660. The molecule has 5 heteroatoms. The van der Waals surface area contributed by atoms with Crippen LogP contribution in [0.25, 0.3) is 0 Å². The van der Waals surface area contributed by atoms with Crippen molar-refractivity contribution in [2.45, 2.75) is 38.4 Å². The molecule has 2 rings (SSSR count).